The van der Waals surface area contributed by atoms with Gasteiger partial charge in [0, 0.05) is 12.2 Å². The van der Waals surface area contributed by atoms with Crippen molar-refractivity contribution in [3.63, 3.8) is 0 Å². The van der Waals surface area contributed by atoms with Crippen molar-refractivity contribution < 1.29 is 19.1 Å². The molecule has 0 saturated heterocycles. The fourth-order valence-corrected chi connectivity index (χ4v) is 1.85. The van der Waals surface area contributed by atoms with E-state index in [-0.39, 0.29) is 18.4 Å². The average molecular weight is 361 g/mol. The number of allylic oxidation sites excluding steroid dienone is 1. The Morgan fingerprint density at radius 2 is 1.73 bits per heavy atom. The monoisotopic (exact) mass is 361 g/mol. The maximum atomic E-state index is 11.8. The summed E-state index contributed by atoms with van der Waals surface area (Å²) in [5, 5.41) is 7.84. The van der Waals surface area contributed by atoms with Gasteiger partial charge in [-0.1, -0.05) is 25.1 Å². The Morgan fingerprint density at radius 3 is 2.31 bits per heavy atom. The molecule has 0 atom stereocenters. The summed E-state index contributed by atoms with van der Waals surface area (Å²) < 4.78 is 5.06. The van der Waals surface area contributed by atoms with E-state index in [4.69, 9.17) is 4.74 Å². The van der Waals surface area contributed by atoms with Crippen LogP contribution in [-0.4, -0.2) is 30.1 Å². The van der Waals surface area contributed by atoms with Crippen LogP contribution >= 0.6 is 0 Å². The number of hydrogen-bond donors (Lipinski definition) is 3. The Balaban J connectivity index is 2.39. The van der Waals surface area contributed by atoms with Gasteiger partial charge in [0.2, 0.25) is 11.8 Å². The quantitative estimate of drug-likeness (QED) is 0.651. The van der Waals surface area contributed by atoms with Gasteiger partial charge in [0.1, 0.15) is 12.1 Å². The number of anilines is 1. The molecule has 26 heavy (non-hydrogen) atoms. The van der Waals surface area contributed by atoms with Crippen LogP contribution in [0.2, 0.25) is 0 Å². The summed E-state index contributed by atoms with van der Waals surface area (Å²) in [5.41, 5.74) is 0.896. The van der Waals surface area contributed by atoms with Crippen LogP contribution in [0.3, 0.4) is 0 Å². The highest BCUT2D eigenvalue weighted by Gasteiger charge is 2.16. The lowest BCUT2D eigenvalue weighted by molar-refractivity contribution is -0.117. The van der Waals surface area contributed by atoms with E-state index >= 15 is 0 Å². The van der Waals surface area contributed by atoms with Gasteiger partial charge in [-0.25, -0.2) is 4.79 Å². The first-order chi connectivity index (χ1) is 12.2. The summed E-state index contributed by atoms with van der Waals surface area (Å²) >= 11 is 0. The van der Waals surface area contributed by atoms with Gasteiger partial charge in [0.05, 0.1) is 0 Å². The number of nitrogens with one attached hydrogen (secondary N) is 3. The van der Waals surface area contributed by atoms with Crippen LogP contribution < -0.4 is 16.0 Å². The topological polar surface area (TPSA) is 96.5 Å². The molecular formula is C19H27N3O4. The lowest BCUT2D eigenvalue weighted by Crippen LogP contribution is -2.37. The summed E-state index contributed by atoms with van der Waals surface area (Å²) in [4.78, 5) is 34.8. The van der Waals surface area contributed by atoms with Crippen molar-refractivity contribution in [2.45, 2.75) is 46.3 Å². The summed E-state index contributed by atoms with van der Waals surface area (Å²) in [5.74, 6) is -0.501. The second-order valence-corrected chi connectivity index (χ2v) is 6.63. The van der Waals surface area contributed by atoms with Crippen molar-refractivity contribution in [2.24, 2.45) is 0 Å². The summed E-state index contributed by atoms with van der Waals surface area (Å²) in [7, 11) is 0. The van der Waals surface area contributed by atoms with Crippen LogP contribution in [0.5, 0.6) is 0 Å². The summed E-state index contributed by atoms with van der Waals surface area (Å²) in [6.07, 6.45) is 3.46. The van der Waals surface area contributed by atoms with Gasteiger partial charge in [-0.05, 0) is 51.0 Å². The van der Waals surface area contributed by atoms with Gasteiger partial charge < -0.3 is 20.7 Å². The molecule has 0 bridgehead atoms. The smallest absolute Gasteiger partial charge is 0.408 e. The van der Waals surface area contributed by atoms with E-state index in [9.17, 15) is 14.4 Å². The normalized spacial score (nSPS) is 11.1. The molecule has 0 saturated carbocycles. The molecule has 7 nitrogen and oxygen atoms in total. The fourth-order valence-electron chi connectivity index (χ4n) is 1.85. The lowest BCUT2D eigenvalue weighted by Gasteiger charge is -2.19. The van der Waals surface area contributed by atoms with Gasteiger partial charge in [0.25, 0.3) is 0 Å². The first-order valence-corrected chi connectivity index (χ1v) is 8.49. The van der Waals surface area contributed by atoms with Crippen molar-refractivity contribution in [1.82, 2.24) is 10.6 Å². The van der Waals surface area contributed by atoms with Crippen LogP contribution in [0.1, 0.15) is 39.7 Å². The second-order valence-electron chi connectivity index (χ2n) is 6.63. The Labute approximate surface area is 154 Å². The SMILES string of the molecule is CC/C=C/C(=O)NCc1ccc(NC(=O)CNC(=O)OC(C)(C)C)cc1. The van der Waals surface area contributed by atoms with Crippen molar-refractivity contribution in [3.05, 3.63) is 42.0 Å². The molecule has 3 N–H and O–H groups in total. The molecular weight excluding hydrogens is 334 g/mol. The third-order valence-corrected chi connectivity index (χ3v) is 3.00. The standard InChI is InChI=1S/C19H27N3O4/c1-5-6-7-16(23)20-12-14-8-10-15(11-9-14)22-17(24)13-21-18(25)26-19(2,3)4/h6-11H,5,12-13H2,1-4H3,(H,20,23)(H,21,25)(H,22,24)/b7-6+. The molecule has 0 spiro atoms. The molecule has 0 aliphatic carbocycles. The Hall–Kier alpha value is -2.83. The zero-order valence-corrected chi connectivity index (χ0v) is 15.7. The minimum Gasteiger partial charge on any atom is -0.444 e. The highest BCUT2D eigenvalue weighted by atomic mass is 16.6. The molecule has 142 valence electrons. The van der Waals surface area contributed by atoms with Crippen molar-refractivity contribution in [1.29, 1.82) is 0 Å². The largest absolute Gasteiger partial charge is 0.444 e. The lowest BCUT2D eigenvalue weighted by atomic mass is 10.2. The molecule has 0 aliphatic heterocycles. The van der Waals surface area contributed by atoms with Gasteiger partial charge in [-0.15, -0.1) is 0 Å². The van der Waals surface area contributed by atoms with Gasteiger partial charge in [-0.2, -0.15) is 0 Å². The first-order valence-electron chi connectivity index (χ1n) is 8.49. The van der Waals surface area contributed by atoms with Crippen molar-refractivity contribution in [3.8, 4) is 0 Å². The number of carbonyl (C=O) groups excluding carboxylic acids is 3. The highest BCUT2D eigenvalue weighted by molar-refractivity contribution is 5.93. The molecule has 0 aliphatic rings. The maximum absolute atomic E-state index is 11.8. The molecule has 7 heteroatoms. The van der Waals surface area contributed by atoms with Crippen LogP contribution in [0.25, 0.3) is 0 Å². The Morgan fingerprint density at radius 1 is 1.08 bits per heavy atom. The van der Waals surface area contributed by atoms with Gasteiger partial charge in [0.15, 0.2) is 0 Å². The van der Waals surface area contributed by atoms with E-state index in [0.717, 1.165) is 12.0 Å². The molecule has 0 aromatic heterocycles. The summed E-state index contributed by atoms with van der Waals surface area (Å²) in [6.45, 7) is 7.42. The van der Waals surface area contributed by atoms with Crippen molar-refractivity contribution >= 4 is 23.6 Å². The molecule has 0 radical (unpaired) electrons. The van der Waals surface area contributed by atoms with Crippen LogP contribution in [0.15, 0.2) is 36.4 Å². The molecule has 1 rings (SSSR count). The van der Waals surface area contributed by atoms with E-state index in [1.165, 1.54) is 6.08 Å². The molecule has 3 amide bonds. The average Bonchev–Trinajstić information content (AvgIpc) is 2.56. The predicted octanol–water partition coefficient (Wildman–Crippen LogP) is 2.73. The molecule has 0 fully saturated rings. The minimum atomic E-state index is -0.643. The van der Waals surface area contributed by atoms with Crippen LogP contribution in [-0.2, 0) is 20.9 Å². The number of alkyl carbamates (subject to hydrolysis) is 1. The van der Waals surface area contributed by atoms with Crippen molar-refractivity contribution in [2.75, 3.05) is 11.9 Å². The fraction of sp³-hybridized carbons (Fsp3) is 0.421. The number of amides is 3. The van der Waals surface area contributed by atoms with Gasteiger partial charge >= 0.3 is 6.09 Å². The van der Waals surface area contributed by atoms with Gasteiger partial charge in [-0.3, -0.25) is 9.59 Å². The van der Waals surface area contributed by atoms with Crippen LogP contribution in [0, 0.1) is 0 Å². The van der Waals surface area contributed by atoms with E-state index in [1.54, 1.807) is 51.1 Å². The molecule has 0 heterocycles. The Kier molecular flexibility index (Phi) is 8.34. The number of benzene rings is 1. The molecule has 1 aromatic rings. The van der Waals surface area contributed by atoms with E-state index < -0.39 is 11.7 Å². The third kappa shape index (κ3) is 9.46. The molecule has 1 aromatic carbocycles. The zero-order chi connectivity index (χ0) is 19.6. The molecule has 0 unspecified atom stereocenters. The third-order valence-electron chi connectivity index (χ3n) is 3.00. The van der Waals surface area contributed by atoms with E-state index in [1.807, 2.05) is 6.92 Å². The minimum absolute atomic E-state index is 0.141. The first kappa shape index (κ1) is 21.2. The predicted molar refractivity (Wildman–Crippen MR) is 101 cm³/mol. The second kappa shape index (κ2) is 10.2. The number of rotatable bonds is 7. The maximum Gasteiger partial charge on any atom is 0.408 e. The number of carbonyl (C=O) groups is 3. The van der Waals surface area contributed by atoms with Crippen LogP contribution in [0.4, 0.5) is 10.5 Å². The van der Waals surface area contributed by atoms with E-state index in [0.29, 0.717) is 12.2 Å². The van der Waals surface area contributed by atoms with E-state index in [2.05, 4.69) is 16.0 Å². The zero-order valence-electron chi connectivity index (χ0n) is 15.7. The number of hydrogen-bond acceptors (Lipinski definition) is 4. The number of ether oxygens (including phenoxy) is 1. The summed E-state index contributed by atoms with van der Waals surface area (Å²) in [6, 6.07) is 7.07. The Bertz CT molecular complexity index is 646. The highest BCUT2D eigenvalue weighted by Crippen LogP contribution is 2.09.